The average Bonchev–Trinajstić information content (AvgIpc) is 1.04. The molecule has 3 aliphatic carbocycles. The monoisotopic (exact) mass is 1990 g/mol. The summed E-state index contributed by atoms with van der Waals surface area (Å²) < 4.78 is 57.4. The first kappa shape index (κ1) is 138. The smallest absolute Gasteiger partial charge is 0.306 e. The van der Waals surface area contributed by atoms with Gasteiger partial charge in [0.2, 0.25) is 0 Å². The van der Waals surface area contributed by atoms with Gasteiger partial charge in [-0.2, -0.15) is 0 Å². The van der Waals surface area contributed by atoms with Crippen LogP contribution in [0.4, 0.5) is 0 Å². The first-order chi connectivity index (χ1) is 65.2. The minimum Gasteiger partial charge on any atom is -0.469 e. The van der Waals surface area contributed by atoms with Crippen molar-refractivity contribution in [2.45, 2.75) is 347 Å². The van der Waals surface area contributed by atoms with Crippen molar-refractivity contribution in [2.24, 2.45) is 153 Å². The Hall–Kier alpha value is -7.86. The number of hydrogen-bond acceptors (Lipinski definition) is 30. The van der Waals surface area contributed by atoms with Gasteiger partial charge in [0.05, 0.1) is 140 Å². The highest BCUT2D eigenvalue weighted by molar-refractivity contribution is 5.92. The van der Waals surface area contributed by atoms with Gasteiger partial charge >= 0.3 is 53.7 Å². The minimum atomic E-state index is -0.414. The molecule has 12 unspecified atom stereocenters. The lowest BCUT2D eigenvalue weighted by atomic mass is 9.71. The van der Waals surface area contributed by atoms with Crippen LogP contribution in [0.25, 0.3) is 0 Å². The predicted octanol–water partition coefficient (Wildman–Crippen LogP) is 19.3. The Bertz CT molecular complexity index is 3420. The summed E-state index contributed by atoms with van der Waals surface area (Å²) >= 11 is 0. The quantitative estimate of drug-likeness (QED) is 0.0403. The van der Waals surface area contributed by atoms with E-state index in [-0.39, 0.29) is 299 Å². The van der Waals surface area contributed by atoms with E-state index in [1.807, 2.05) is 173 Å². The minimum absolute atomic E-state index is 0.00610. The Labute approximate surface area is 842 Å². The van der Waals surface area contributed by atoms with Crippen LogP contribution in [0.5, 0.6) is 0 Å². The zero-order valence-electron chi connectivity index (χ0n) is 93.3. The van der Waals surface area contributed by atoms with Crippen molar-refractivity contribution >= 4 is 106 Å². The lowest BCUT2D eigenvalue weighted by Crippen LogP contribution is -2.33. The molecule has 0 N–H and O–H groups in total. The third-order valence-corrected chi connectivity index (χ3v) is 27.3. The average molecular weight is 1990 g/mol. The van der Waals surface area contributed by atoms with Crippen molar-refractivity contribution in [3.05, 3.63) is 0 Å². The van der Waals surface area contributed by atoms with Crippen LogP contribution in [0.15, 0.2) is 0 Å². The molecule has 2 saturated heterocycles. The largest absolute Gasteiger partial charge is 0.469 e. The van der Waals surface area contributed by atoms with Crippen molar-refractivity contribution in [1.29, 1.82) is 0 Å². The van der Waals surface area contributed by atoms with Gasteiger partial charge < -0.3 is 56.8 Å². The molecule has 30 heteroatoms. The van der Waals surface area contributed by atoms with E-state index in [2.05, 4.69) is 37.9 Å². The van der Waals surface area contributed by atoms with Crippen LogP contribution >= 0.6 is 0 Å². The maximum absolute atomic E-state index is 12.2. The molecule has 140 heavy (non-hydrogen) atoms. The molecule has 0 aromatic carbocycles. The van der Waals surface area contributed by atoms with Crippen molar-refractivity contribution in [1.82, 2.24) is 0 Å². The van der Waals surface area contributed by atoms with Crippen LogP contribution in [0.1, 0.15) is 341 Å². The number of methoxy groups -OCH3 is 10. The second-order valence-corrected chi connectivity index (χ2v) is 42.1. The maximum Gasteiger partial charge on any atom is 0.306 e. The number of ketones is 9. The van der Waals surface area contributed by atoms with Crippen LogP contribution < -0.4 is 0 Å². The summed E-state index contributed by atoms with van der Waals surface area (Å²) in [4.78, 5) is 209. The fraction of sp³-hybridized carbons (Fsp3) is 0.836. The molecule has 5 fully saturated rings. The van der Waals surface area contributed by atoms with Crippen molar-refractivity contribution < 1.29 is 143 Å². The molecule has 12 atom stereocenters. The van der Waals surface area contributed by atoms with Crippen LogP contribution in [0.3, 0.4) is 0 Å². The third-order valence-electron chi connectivity index (χ3n) is 27.3. The van der Waals surface area contributed by atoms with Crippen LogP contribution in [-0.2, 0) is 143 Å². The van der Waals surface area contributed by atoms with Crippen LogP contribution in [0.2, 0.25) is 0 Å². The predicted molar refractivity (Wildman–Crippen MR) is 538 cm³/mol. The molecule has 0 aromatic heterocycles. The van der Waals surface area contributed by atoms with Crippen LogP contribution in [-0.4, -0.2) is 209 Å². The molecule has 5 rings (SSSR count). The van der Waals surface area contributed by atoms with E-state index < -0.39 is 5.92 Å². The normalized spacial score (nSPS) is 17.2. The molecule has 30 nitrogen and oxygen atoms in total. The number of ether oxygens (including phenoxy) is 12. The van der Waals surface area contributed by atoms with Gasteiger partial charge in [-0.3, -0.25) is 86.3 Å². The van der Waals surface area contributed by atoms with E-state index >= 15 is 0 Å². The standard InChI is InChI=1S/C14H24O3.C13H22O4.C13H22O3.C12H20O4.C12H20O3.2C12H22O3.C11H20O4.C11H20O3/c1-10(2)14(16)12(9-13(15)17-3)11-7-5-4-6-8-11;1-9(2)13(15)11(8-12(14)16-3)10-4-6-17-7-5-10;1-9(2)13(15)11(8-12(14)16-3)10-6-4-5-7-10;1-8(2)12(14)10(6-11(13)15-3)9-4-5-16-7-9;1-8(2)12(14)10(7-11(13)15-3)9-5-4-6-9;1-8(2)11(14)9(12(3,4)5)7-10(13)15-6;1-6-9(4)10(7-11(13)15-5)12(14)8(2)3;1-7(2)11(13)9(8(3)14-4)6-10(12)15-5;1-7(2)9(6-10(12)14-5)11(13)8(3)4/h10-12H,4-9H2,1-3H3;9-11H,4-8H2,1-3H3;9-11H,4-8H2,1-3H3;8-10H,4-7H2,1-3H3;8-10H,4-7H2,1-3H3;8-9H,7H2,1-6H3;8-10H,6-7H2,1-5H3;7-9H,6H2,1-5H3;7-9H,6H2,1-5H3. The molecule has 0 radical (unpaired) electrons. The molecule has 5 aliphatic rings. The summed E-state index contributed by atoms with van der Waals surface area (Å²) in [5.41, 5.74) is -0.199. The van der Waals surface area contributed by atoms with Gasteiger partial charge in [0.25, 0.3) is 0 Å². The van der Waals surface area contributed by atoms with Crippen molar-refractivity contribution in [3.8, 4) is 0 Å². The summed E-state index contributed by atoms with van der Waals surface area (Å²) in [7, 11) is 13.8. The van der Waals surface area contributed by atoms with Crippen LogP contribution in [0, 0.1) is 153 Å². The zero-order valence-corrected chi connectivity index (χ0v) is 93.3. The first-order valence-electron chi connectivity index (χ1n) is 51.4. The number of Topliss-reactive ketones (excluding diaryl/α,β-unsaturated/α-hetero) is 9. The zero-order chi connectivity index (χ0) is 109. The SMILES string of the molecule is CCC(C)C(CC(=O)OC)C(=O)C(C)C.COC(=O)CC(C(=O)C(C)C)C(C)(C)C.COC(=O)CC(C(=O)C(C)C)C(C)C.COC(=O)CC(C(=O)C(C)C)C(C)OC.COC(=O)CC(C(=O)C(C)C)C1CCC1.COC(=O)CC(C(=O)C(C)C)C1CCCC1.COC(=O)CC(C(=O)C(C)C)C1CCCCC1.COC(=O)CC(C(=O)C(C)C)C1CCOC1.COC(=O)CC(C(=O)C(C)C)C1CCOCC1. The lowest BCUT2D eigenvalue weighted by molar-refractivity contribution is -0.147. The van der Waals surface area contributed by atoms with Gasteiger partial charge in [-0.25, -0.2) is 0 Å². The van der Waals surface area contributed by atoms with Gasteiger partial charge in [0.1, 0.15) is 52.0 Å². The van der Waals surface area contributed by atoms with E-state index in [9.17, 15) is 86.3 Å². The Kier molecular flexibility index (Phi) is 75.0. The molecular formula is C110H192O30. The van der Waals surface area contributed by atoms with E-state index in [0.717, 1.165) is 64.2 Å². The molecule has 0 spiro atoms. The van der Waals surface area contributed by atoms with Crippen molar-refractivity contribution in [3.63, 3.8) is 0 Å². The fourth-order valence-electron chi connectivity index (χ4n) is 17.4. The van der Waals surface area contributed by atoms with Gasteiger partial charge in [-0.05, 0) is 112 Å². The van der Waals surface area contributed by atoms with E-state index in [0.29, 0.717) is 44.2 Å². The fourth-order valence-corrected chi connectivity index (χ4v) is 17.4. The Balaban J connectivity index is -0.000000744. The highest BCUT2D eigenvalue weighted by Gasteiger charge is 2.41. The highest BCUT2D eigenvalue weighted by atomic mass is 16.6. The van der Waals surface area contributed by atoms with Gasteiger partial charge in [0.15, 0.2) is 0 Å². The molecule has 0 amide bonds. The van der Waals surface area contributed by atoms with Gasteiger partial charge in [0, 0.05) is 128 Å². The number of carbonyl (C=O) groups excluding carboxylic acids is 18. The molecule has 0 bridgehead atoms. The molecule has 2 aliphatic heterocycles. The maximum atomic E-state index is 12.2. The summed E-state index contributed by atoms with van der Waals surface area (Å²) in [5.74, 6) is -1.28. The number of esters is 9. The first-order valence-corrected chi connectivity index (χ1v) is 51.4. The molecule has 812 valence electrons. The topological polar surface area (TPSA) is 418 Å². The Morgan fingerprint density at radius 3 is 0.707 bits per heavy atom. The number of rotatable bonds is 46. The second kappa shape index (κ2) is 75.8. The Morgan fingerprint density at radius 1 is 0.250 bits per heavy atom. The third kappa shape index (κ3) is 56.4. The summed E-state index contributed by atoms with van der Waals surface area (Å²) in [6.45, 7) is 52.0. The van der Waals surface area contributed by atoms with Gasteiger partial charge in [-0.1, -0.05) is 218 Å². The summed E-state index contributed by atoms with van der Waals surface area (Å²) in [6.07, 6.45) is 18.8. The molecule has 3 saturated carbocycles. The van der Waals surface area contributed by atoms with E-state index in [4.69, 9.17) is 18.9 Å². The van der Waals surface area contributed by atoms with Crippen molar-refractivity contribution in [2.75, 3.05) is 97.5 Å². The molecule has 0 aromatic rings. The Morgan fingerprint density at radius 2 is 0.471 bits per heavy atom. The van der Waals surface area contributed by atoms with Gasteiger partial charge in [-0.15, -0.1) is 0 Å². The van der Waals surface area contributed by atoms with E-state index in [1.54, 1.807) is 6.92 Å². The highest BCUT2D eigenvalue weighted by Crippen LogP contribution is 2.40. The van der Waals surface area contributed by atoms with E-state index in [1.165, 1.54) is 110 Å². The number of carbonyl (C=O) groups is 18. The second-order valence-electron chi connectivity index (χ2n) is 42.1. The lowest BCUT2D eigenvalue weighted by Gasteiger charge is -2.33. The number of hydrogen-bond donors (Lipinski definition) is 0. The summed E-state index contributed by atoms with van der Waals surface area (Å²) in [6, 6.07) is 0. The summed E-state index contributed by atoms with van der Waals surface area (Å²) in [5, 5.41) is 0. The molecular weight excluding hydrogens is 1800 g/mol. The molecule has 2 heterocycles.